The molecule has 0 fully saturated rings. The van der Waals surface area contributed by atoms with Gasteiger partial charge in [0.1, 0.15) is 11.5 Å². The van der Waals surface area contributed by atoms with E-state index in [1.807, 2.05) is 20.8 Å². The smallest absolute Gasteiger partial charge is 0.271 e. The van der Waals surface area contributed by atoms with Crippen LogP contribution in [0, 0.1) is 0 Å². The SMILES string of the molecule is CC(C)c1ncc(Cl)c(C(=O)N[C@@H](C)CN)n1. The van der Waals surface area contributed by atoms with Gasteiger partial charge < -0.3 is 11.1 Å². The summed E-state index contributed by atoms with van der Waals surface area (Å²) in [4.78, 5) is 20.1. The van der Waals surface area contributed by atoms with Crippen LogP contribution in [0.15, 0.2) is 6.20 Å². The molecule has 6 heteroatoms. The van der Waals surface area contributed by atoms with Crippen molar-refractivity contribution in [2.45, 2.75) is 32.7 Å². The average Bonchev–Trinajstić information content (AvgIpc) is 2.28. The monoisotopic (exact) mass is 256 g/mol. The Kier molecular flexibility index (Phi) is 4.84. The van der Waals surface area contributed by atoms with Gasteiger partial charge in [0, 0.05) is 18.5 Å². The number of carbonyl (C=O) groups excluding carboxylic acids is 1. The molecule has 1 rings (SSSR count). The second-order valence-electron chi connectivity index (χ2n) is 4.19. The third-order valence-electron chi connectivity index (χ3n) is 2.23. The van der Waals surface area contributed by atoms with Crippen LogP contribution >= 0.6 is 11.6 Å². The van der Waals surface area contributed by atoms with Crippen molar-refractivity contribution in [3.8, 4) is 0 Å². The van der Waals surface area contributed by atoms with Crippen molar-refractivity contribution in [2.24, 2.45) is 5.73 Å². The molecule has 0 aliphatic heterocycles. The first-order chi connectivity index (χ1) is 7.95. The molecular formula is C11H17ClN4O. The van der Waals surface area contributed by atoms with Gasteiger partial charge in [-0.3, -0.25) is 4.79 Å². The second-order valence-corrected chi connectivity index (χ2v) is 4.60. The minimum atomic E-state index is -0.322. The number of hydrogen-bond donors (Lipinski definition) is 2. The molecule has 1 heterocycles. The molecule has 1 aromatic heterocycles. The Balaban J connectivity index is 2.96. The maximum Gasteiger partial charge on any atom is 0.271 e. The first kappa shape index (κ1) is 13.9. The largest absolute Gasteiger partial charge is 0.347 e. The standard InChI is InChI=1S/C11H17ClN4O/c1-6(2)10-14-5-8(12)9(16-10)11(17)15-7(3)4-13/h5-7H,4,13H2,1-3H3,(H,15,17)/t7-/m0/s1. The molecule has 0 unspecified atom stereocenters. The number of hydrogen-bond acceptors (Lipinski definition) is 4. The van der Waals surface area contributed by atoms with Gasteiger partial charge in [0.25, 0.3) is 5.91 Å². The third kappa shape index (κ3) is 3.64. The lowest BCUT2D eigenvalue weighted by Gasteiger charge is -2.12. The fraction of sp³-hybridized carbons (Fsp3) is 0.545. The molecule has 1 aromatic rings. The van der Waals surface area contributed by atoms with Gasteiger partial charge in [-0.1, -0.05) is 25.4 Å². The van der Waals surface area contributed by atoms with E-state index >= 15 is 0 Å². The Bertz CT molecular complexity index is 408. The number of halogens is 1. The molecule has 0 aliphatic carbocycles. The number of carbonyl (C=O) groups is 1. The normalized spacial score (nSPS) is 12.6. The predicted molar refractivity (Wildman–Crippen MR) is 67.1 cm³/mol. The van der Waals surface area contributed by atoms with Crippen molar-refractivity contribution < 1.29 is 4.79 Å². The summed E-state index contributed by atoms with van der Waals surface area (Å²) < 4.78 is 0. The van der Waals surface area contributed by atoms with E-state index in [9.17, 15) is 4.79 Å². The molecule has 1 amide bonds. The molecule has 0 spiro atoms. The van der Waals surface area contributed by atoms with Gasteiger partial charge in [-0.15, -0.1) is 0 Å². The first-order valence-electron chi connectivity index (χ1n) is 5.49. The lowest BCUT2D eigenvalue weighted by Crippen LogP contribution is -2.38. The average molecular weight is 257 g/mol. The van der Waals surface area contributed by atoms with Gasteiger partial charge in [0.05, 0.1) is 11.2 Å². The van der Waals surface area contributed by atoms with E-state index in [4.69, 9.17) is 17.3 Å². The van der Waals surface area contributed by atoms with Crippen molar-refractivity contribution in [1.82, 2.24) is 15.3 Å². The molecule has 5 nitrogen and oxygen atoms in total. The van der Waals surface area contributed by atoms with Crippen LogP contribution in [0.3, 0.4) is 0 Å². The molecule has 0 bridgehead atoms. The van der Waals surface area contributed by atoms with Crippen molar-refractivity contribution >= 4 is 17.5 Å². The van der Waals surface area contributed by atoms with Crippen LogP contribution in [0.25, 0.3) is 0 Å². The van der Waals surface area contributed by atoms with E-state index in [0.717, 1.165) is 0 Å². The van der Waals surface area contributed by atoms with Crippen LogP contribution in [0.4, 0.5) is 0 Å². The maximum atomic E-state index is 11.9. The van der Waals surface area contributed by atoms with Gasteiger partial charge >= 0.3 is 0 Å². The number of amides is 1. The highest BCUT2D eigenvalue weighted by molar-refractivity contribution is 6.33. The summed E-state index contributed by atoms with van der Waals surface area (Å²) in [6.45, 7) is 6.09. The number of nitrogens with one attached hydrogen (secondary N) is 1. The second kappa shape index (κ2) is 5.93. The van der Waals surface area contributed by atoms with Crippen LogP contribution < -0.4 is 11.1 Å². The lowest BCUT2D eigenvalue weighted by atomic mass is 10.2. The molecule has 0 aromatic carbocycles. The van der Waals surface area contributed by atoms with Crippen LogP contribution in [-0.2, 0) is 0 Å². The Morgan fingerprint density at radius 3 is 2.71 bits per heavy atom. The zero-order chi connectivity index (χ0) is 13.0. The minimum absolute atomic E-state index is 0.115. The van der Waals surface area contributed by atoms with Gasteiger partial charge in [-0.05, 0) is 6.92 Å². The van der Waals surface area contributed by atoms with Crippen molar-refractivity contribution in [2.75, 3.05) is 6.54 Å². The molecule has 0 aliphatic rings. The third-order valence-corrected chi connectivity index (χ3v) is 2.50. The summed E-state index contributed by atoms with van der Waals surface area (Å²) in [6, 6.07) is -0.115. The van der Waals surface area contributed by atoms with Crippen LogP contribution in [0.2, 0.25) is 5.02 Å². The zero-order valence-corrected chi connectivity index (χ0v) is 11.0. The van der Waals surface area contributed by atoms with Crippen LogP contribution in [-0.4, -0.2) is 28.5 Å². The maximum absolute atomic E-state index is 11.9. The highest BCUT2D eigenvalue weighted by Gasteiger charge is 2.16. The lowest BCUT2D eigenvalue weighted by molar-refractivity contribution is 0.0936. The molecule has 94 valence electrons. The highest BCUT2D eigenvalue weighted by Crippen LogP contribution is 2.16. The fourth-order valence-electron chi connectivity index (χ4n) is 1.17. The van der Waals surface area contributed by atoms with Crippen LogP contribution in [0.1, 0.15) is 43.0 Å². The molecule has 0 saturated heterocycles. The number of nitrogens with two attached hydrogens (primary N) is 1. The van der Waals surface area contributed by atoms with E-state index in [1.165, 1.54) is 6.20 Å². The number of aromatic nitrogens is 2. The number of rotatable bonds is 4. The molecule has 3 N–H and O–H groups in total. The van der Waals surface area contributed by atoms with Crippen LogP contribution in [0.5, 0.6) is 0 Å². The summed E-state index contributed by atoms with van der Waals surface area (Å²) in [5.41, 5.74) is 5.63. The summed E-state index contributed by atoms with van der Waals surface area (Å²) >= 11 is 5.91. The van der Waals surface area contributed by atoms with Gasteiger partial charge in [0.15, 0.2) is 0 Å². The quantitative estimate of drug-likeness (QED) is 0.852. The summed E-state index contributed by atoms with van der Waals surface area (Å²) in [7, 11) is 0. The van der Waals surface area contributed by atoms with E-state index in [-0.39, 0.29) is 28.6 Å². The van der Waals surface area contributed by atoms with E-state index in [2.05, 4.69) is 15.3 Å². The number of nitrogens with zero attached hydrogens (tertiary/aromatic N) is 2. The van der Waals surface area contributed by atoms with Gasteiger partial charge in [0.2, 0.25) is 0 Å². The Hall–Kier alpha value is -1.20. The first-order valence-corrected chi connectivity index (χ1v) is 5.86. The van der Waals surface area contributed by atoms with Crippen molar-refractivity contribution in [1.29, 1.82) is 0 Å². The highest BCUT2D eigenvalue weighted by atomic mass is 35.5. The summed E-state index contributed by atoms with van der Waals surface area (Å²) in [6.07, 6.45) is 1.45. The molecular weight excluding hydrogens is 240 g/mol. The van der Waals surface area contributed by atoms with Crippen molar-refractivity contribution in [3.63, 3.8) is 0 Å². The Labute approximate surface area is 106 Å². The predicted octanol–water partition coefficient (Wildman–Crippen LogP) is 1.33. The van der Waals surface area contributed by atoms with Crippen molar-refractivity contribution in [3.05, 3.63) is 22.7 Å². The van der Waals surface area contributed by atoms with Gasteiger partial charge in [-0.25, -0.2) is 9.97 Å². The Morgan fingerprint density at radius 1 is 1.53 bits per heavy atom. The van der Waals surface area contributed by atoms with E-state index in [0.29, 0.717) is 12.4 Å². The minimum Gasteiger partial charge on any atom is -0.347 e. The molecule has 0 radical (unpaired) electrons. The molecule has 0 saturated carbocycles. The fourth-order valence-corrected chi connectivity index (χ4v) is 1.35. The van der Waals surface area contributed by atoms with Gasteiger partial charge in [-0.2, -0.15) is 0 Å². The summed E-state index contributed by atoms with van der Waals surface area (Å²) in [5.74, 6) is 0.419. The zero-order valence-electron chi connectivity index (χ0n) is 10.2. The molecule has 17 heavy (non-hydrogen) atoms. The van der Waals surface area contributed by atoms with E-state index < -0.39 is 0 Å². The summed E-state index contributed by atoms with van der Waals surface area (Å²) in [5, 5.41) is 2.96. The van der Waals surface area contributed by atoms with E-state index in [1.54, 1.807) is 0 Å². The molecule has 1 atom stereocenters. The topological polar surface area (TPSA) is 80.9 Å². The Morgan fingerprint density at radius 2 is 2.18 bits per heavy atom.